The summed E-state index contributed by atoms with van der Waals surface area (Å²) < 4.78 is 14.2. The summed E-state index contributed by atoms with van der Waals surface area (Å²) in [4.78, 5) is 0. The van der Waals surface area contributed by atoms with Gasteiger partial charge < -0.3 is 5.32 Å². The van der Waals surface area contributed by atoms with Crippen LogP contribution >= 0.6 is 27.5 Å². The lowest BCUT2D eigenvalue weighted by Crippen LogP contribution is -2.20. The SMILES string of the molecule is CCC(NCc1cc(F)ccc1Br)c1ccc(Cl)cc1. The number of benzene rings is 2. The average Bonchev–Trinajstić information content (AvgIpc) is 2.45. The number of rotatable bonds is 5. The number of nitrogens with one attached hydrogen (secondary N) is 1. The molecule has 20 heavy (non-hydrogen) atoms. The fourth-order valence-electron chi connectivity index (χ4n) is 2.10. The fourth-order valence-corrected chi connectivity index (χ4v) is 2.62. The average molecular weight is 357 g/mol. The van der Waals surface area contributed by atoms with E-state index < -0.39 is 0 Å². The Morgan fingerprint density at radius 3 is 2.55 bits per heavy atom. The largest absolute Gasteiger partial charge is 0.306 e. The van der Waals surface area contributed by atoms with E-state index in [0.717, 1.165) is 21.5 Å². The van der Waals surface area contributed by atoms with Gasteiger partial charge in [0.2, 0.25) is 0 Å². The standard InChI is InChI=1S/C16H16BrClFN/c1-2-16(11-3-5-13(18)6-4-11)20-10-12-9-14(19)7-8-15(12)17/h3-9,16,20H,2,10H2,1H3. The summed E-state index contributed by atoms with van der Waals surface area (Å²) in [7, 11) is 0. The monoisotopic (exact) mass is 355 g/mol. The van der Waals surface area contributed by atoms with Gasteiger partial charge in [0.1, 0.15) is 5.82 Å². The summed E-state index contributed by atoms with van der Waals surface area (Å²) in [6.07, 6.45) is 0.953. The predicted octanol–water partition coefficient (Wildman–Crippen LogP) is 5.48. The lowest BCUT2D eigenvalue weighted by atomic mass is 10.0. The highest BCUT2D eigenvalue weighted by molar-refractivity contribution is 9.10. The van der Waals surface area contributed by atoms with Crippen molar-refractivity contribution in [2.45, 2.75) is 25.9 Å². The Kier molecular flexibility index (Phi) is 5.58. The van der Waals surface area contributed by atoms with Crippen molar-refractivity contribution < 1.29 is 4.39 Å². The molecule has 106 valence electrons. The van der Waals surface area contributed by atoms with Gasteiger partial charge in [-0.15, -0.1) is 0 Å². The van der Waals surface area contributed by atoms with Crippen molar-refractivity contribution in [1.82, 2.24) is 5.32 Å². The van der Waals surface area contributed by atoms with Crippen LogP contribution in [0, 0.1) is 5.82 Å². The van der Waals surface area contributed by atoms with Gasteiger partial charge in [-0.25, -0.2) is 4.39 Å². The van der Waals surface area contributed by atoms with Crippen LogP contribution in [-0.4, -0.2) is 0 Å². The zero-order valence-corrected chi connectivity index (χ0v) is 13.5. The first-order valence-electron chi connectivity index (χ1n) is 6.53. The Balaban J connectivity index is 2.07. The fraction of sp³-hybridized carbons (Fsp3) is 0.250. The van der Waals surface area contributed by atoms with Crippen LogP contribution in [0.25, 0.3) is 0 Å². The number of hydrogen-bond acceptors (Lipinski definition) is 1. The van der Waals surface area contributed by atoms with Crippen molar-refractivity contribution in [2.24, 2.45) is 0 Å². The molecular weight excluding hydrogens is 341 g/mol. The zero-order chi connectivity index (χ0) is 14.5. The van der Waals surface area contributed by atoms with Gasteiger partial charge in [-0.2, -0.15) is 0 Å². The third kappa shape index (κ3) is 4.05. The molecule has 0 saturated carbocycles. The molecule has 0 amide bonds. The van der Waals surface area contributed by atoms with Gasteiger partial charge in [-0.05, 0) is 47.9 Å². The Hall–Kier alpha value is -0.900. The molecule has 2 aromatic carbocycles. The lowest BCUT2D eigenvalue weighted by molar-refractivity contribution is 0.516. The molecule has 0 aliphatic carbocycles. The minimum atomic E-state index is -0.218. The Morgan fingerprint density at radius 2 is 1.90 bits per heavy atom. The third-order valence-electron chi connectivity index (χ3n) is 3.23. The first-order valence-corrected chi connectivity index (χ1v) is 7.70. The highest BCUT2D eigenvalue weighted by atomic mass is 79.9. The summed E-state index contributed by atoms with van der Waals surface area (Å²) in [6, 6.07) is 12.8. The van der Waals surface area contributed by atoms with Crippen LogP contribution < -0.4 is 5.32 Å². The molecule has 4 heteroatoms. The van der Waals surface area contributed by atoms with Crippen LogP contribution in [0.1, 0.15) is 30.5 Å². The van der Waals surface area contributed by atoms with Gasteiger partial charge in [0.15, 0.2) is 0 Å². The summed E-state index contributed by atoms with van der Waals surface area (Å²) in [5, 5.41) is 4.18. The quantitative estimate of drug-likeness (QED) is 0.747. The van der Waals surface area contributed by atoms with E-state index in [1.165, 1.54) is 11.6 Å². The minimum absolute atomic E-state index is 0.218. The molecule has 0 aliphatic heterocycles. The zero-order valence-electron chi connectivity index (χ0n) is 11.2. The van der Waals surface area contributed by atoms with Gasteiger partial charge in [-0.1, -0.05) is 46.6 Å². The van der Waals surface area contributed by atoms with Crippen LogP contribution in [0.2, 0.25) is 5.02 Å². The van der Waals surface area contributed by atoms with Crippen LogP contribution in [0.5, 0.6) is 0 Å². The van der Waals surface area contributed by atoms with Gasteiger partial charge in [-0.3, -0.25) is 0 Å². The first kappa shape index (κ1) is 15.5. The van der Waals surface area contributed by atoms with Crippen molar-refractivity contribution in [3.63, 3.8) is 0 Å². The van der Waals surface area contributed by atoms with E-state index >= 15 is 0 Å². The van der Waals surface area contributed by atoms with E-state index in [1.54, 1.807) is 12.1 Å². The van der Waals surface area contributed by atoms with Crippen LogP contribution in [0.4, 0.5) is 4.39 Å². The highest BCUT2D eigenvalue weighted by Gasteiger charge is 2.10. The summed E-state index contributed by atoms with van der Waals surface area (Å²) in [5.41, 5.74) is 2.10. The van der Waals surface area contributed by atoms with Crippen LogP contribution in [0.3, 0.4) is 0 Å². The van der Waals surface area contributed by atoms with Gasteiger partial charge in [0, 0.05) is 22.1 Å². The topological polar surface area (TPSA) is 12.0 Å². The van der Waals surface area contributed by atoms with Crippen molar-refractivity contribution in [1.29, 1.82) is 0 Å². The smallest absolute Gasteiger partial charge is 0.123 e. The van der Waals surface area contributed by atoms with Gasteiger partial charge in [0.05, 0.1) is 0 Å². The van der Waals surface area contributed by atoms with Crippen molar-refractivity contribution in [3.8, 4) is 0 Å². The van der Waals surface area contributed by atoms with E-state index in [9.17, 15) is 4.39 Å². The van der Waals surface area contributed by atoms with Crippen LogP contribution in [-0.2, 0) is 6.54 Å². The van der Waals surface area contributed by atoms with E-state index in [0.29, 0.717) is 6.54 Å². The molecule has 0 bridgehead atoms. The van der Waals surface area contributed by atoms with Crippen molar-refractivity contribution in [3.05, 3.63) is 68.9 Å². The molecule has 0 saturated heterocycles. The Labute approximate surface area is 132 Å². The molecule has 0 radical (unpaired) electrons. The molecule has 0 heterocycles. The first-order chi connectivity index (χ1) is 9.60. The lowest BCUT2D eigenvalue weighted by Gasteiger charge is -2.18. The molecule has 2 rings (SSSR count). The molecule has 1 nitrogen and oxygen atoms in total. The molecule has 1 unspecified atom stereocenters. The molecule has 2 aromatic rings. The minimum Gasteiger partial charge on any atom is -0.306 e. The molecular formula is C16H16BrClFN. The van der Waals surface area contributed by atoms with Gasteiger partial charge in [0.25, 0.3) is 0 Å². The molecule has 0 aromatic heterocycles. The predicted molar refractivity (Wildman–Crippen MR) is 85.4 cm³/mol. The van der Waals surface area contributed by atoms with Gasteiger partial charge >= 0.3 is 0 Å². The molecule has 1 N–H and O–H groups in total. The normalized spacial score (nSPS) is 12.4. The van der Waals surface area contributed by atoms with Crippen LogP contribution in [0.15, 0.2) is 46.9 Å². The summed E-state index contributed by atoms with van der Waals surface area (Å²) in [5.74, 6) is -0.218. The van der Waals surface area contributed by atoms with E-state index in [2.05, 4.69) is 28.2 Å². The molecule has 1 atom stereocenters. The third-order valence-corrected chi connectivity index (χ3v) is 4.25. The second-order valence-corrected chi connectivity index (χ2v) is 5.92. The molecule has 0 spiro atoms. The maximum Gasteiger partial charge on any atom is 0.123 e. The van der Waals surface area contributed by atoms with E-state index in [-0.39, 0.29) is 11.9 Å². The number of halogens is 3. The van der Waals surface area contributed by atoms with Crippen molar-refractivity contribution in [2.75, 3.05) is 0 Å². The maximum atomic E-state index is 13.3. The summed E-state index contributed by atoms with van der Waals surface area (Å²) >= 11 is 9.35. The van der Waals surface area contributed by atoms with E-state index in [4.69, 9.17) is 11.6 Å². The van der Waals surface area contributed by atoms with Crippen molar-refractivity contribution >= 4 is 27.5 Å². The molecule has 0 fully saturated rings. The van der Waals surface area contributed by atoms with E-state index in [1.807, 2.05) is 24.3 Å². The molecule has 0 aliphatic rings. The number of hydrogen-bond donors (Lipinski definition) is 1. The highest BCUT2D eigenvalue weighted by Crippen LogP contribution is 2.22. The Bertz CT molecular complexity index is 571. The second kappa shape index (κ2) is 7.21. The summed E-state index contributed by atoms with van der Waals surface area (Å²) in [6.45, 7) is 2.73. The second-order valence-electron chi connectivity index (χ2n) is 4.63. The Morgan fingerprint density at radius 1 is 1.20 bits per heavy atom. The maximum absolute atomic E-state index is 13.3.